The van der Waals surface area contributed by atoms with Gasteiger partial charge in [0.25, 0.3) is 0 Å². The SMILES string of the molecule is N#CCC(=O)[C@H]1CCCN(c2ccc(F)cc2)C1=O. The van der Waals surface area contributed by atoms with E-state index in [0.717, 1.165) is 0 Å². The Hall–Kier alpha value is -2.22. The molecule has 1 saturated heterocycles. The van der Waals surface area contributed by atoms with Crippen molar-refractivity contribution in [1.29, 1.82) is 5.26 Å². The first-order valence-corrected chi connectivity index (χ1v) is 6.10. The summed E-state index contributed by atoms with van der Waals surface area (Å²) < 4.78 is 12.9. The summed E-state index contributed by atoms with van der Waals surface area (Å²) >= 11 is 0. The number of anilines is 1. The number of hydrogen-bond donors (Lipinski definition) is 0. The van der Waals surface area contributed by atoms with Gasteiger partial charge in [-0.3, -0.25) is 9.59 Å². The van der Waals surface area contributed by atoms with E-state index in [0.29, 0.717) is 25.1 Å². The number of halogens is 1. The van der Waals surface area contributed by atoms with Gasteiger partial charge in [-0.2, -0.15) is 5.26 Å². The maximum Gasteiger partial charge on any atom is 0.237 e. The fraction of sp³-hybridized carbons (Fsp3) is 0.357. The Labute approximate surface area is 110 Å². The quantitative estimate of drug-likeness (QED) is 0.781. The number of carbonyl (C=O) groups is 2. The molecule has 98 valence electrons. The standard InChI is InChI=1S/C14H13FN2O2/c15-10-3-5-11(6-4-10)17-9-1-2-12(14(17)19)13(18)7-8-16/h3-6,12H,1-2,7,9H2/t12-/m1/s1. The van der Waals surface area contributed by atoms with Gasteiger partial charge in [-0.15, -0.1) is 0 Å². The maximum absolute atomic E-state index is 12.9. The molecule has 0 aliphatic carbocycles. The van der Waals surface area contributed by atoms with Crippen molar-refractivity contribution in [3.05, 3.63) is 30.1 Å². The van der Waals surface area contributed by atoms with E-state index in [1.54, 1.807) is 6.07 Å². The molecule has 1 aromatic carbocycles. The molecule has 0 unspecified atom stereocenters. The molecule has 1 aliphatic heterocycles. The Balaban J connectivity index is 2.19. The van der Waals surface area contributed by atoms with Crippen LogP contribution in [-0.4, -0.2) is 18.2 Å². The highest BCUT2D eigenvalue weighted by Gasteiger charge is 2.34. The van der Waals surface area contributed by atoms with Crippen molar-refractivity contribution in [2.45, 2.75) is 19.3 Å². The lowest BCUT2D eigenvalue weighted by atomic mass is 9.91. The monoisotopic (exact) mass is 260 g/mol. The molecule has 5 heteroatoms. The third kappa shape index (κ3) is 2.79. The Morgan fingerprint density at radius 2 is 2.11 bits per heavy atom. The molecule has 1 heterocycles. The number of benzene rings is 1. The number of amides is 1. The van der Waals surface area contributed by atoms with Crippen LogP contribution in [-0.2, 0) is 9.59 Å². The normalized spacial score (nSPS) is 19.1. The zero-order valence-corrected chi connectivity index (χ0v) is 10.3. The Morgan fingerprint density at radius 1 is 1.42 bits per heavy atom. The zero-order valence-electron chi connectivity index (χ0n) is 10.3. The van der Waals surface area contributed by atoms with Crippen molar-refractivity contribution in [2.24, 2.45) is 5.92 Å². The number of ketones is 1. The van der Waals surface area contributed by atoms with Gasteiger partial charge in [-0.25, -0.2) is 4.39 Å². The zero-order chi connectivity index (χ0) is 13.8. The molecule has 1 aliphatic rings. The fourth-order valence-corrected chi connectivity index (χ4v) is 2.25. The fourth-order valence-electron chi connectivity index (χ4n) is 2.25. The minimum absolute atomic E-state index is 0.242. The number of piperidine rings is 1. The Bertz CT molecular complexity index is 533. The topological polar surface area (TPSA) is 61.2 Å². The molecular formula is C14H13FN2O2. The minimum atomic E-state index is -0.738. The number of hydrogen-bond acceptors (Lipinski definition) is 3. The largest absolute Gasteiger partial charge is 0.312 e. The van der Waals surface area contributed by atoms with Gasteiger partial charge < -0.3 is 4.90 Å². The molecule has 0 N–H and O–H groups in total. The highest BCUT2D eigenvalue weighted by Crippen LogP contribution is 2.25. The summed E-state index contributed by atoms with van der Waals surface area (Å²) in [6, 6.07) is 7.38. The van der Waals surface area contributed by atoms with Gasteiger partial charge in [-0.1, -0.05) is 0 Å². The number of nitriles is 1. The van der Waals surface area contributed by atoms with Crippen molar-refractivity contribution >= 4 is 17.4 Å². The van der Waals surface area contributed by atoms with Crippen LogP contribution in [0, 0.1) is 23.1 Å². The average Bonchev–Trinajstić information content (AvgIpc) is 2.40. The molecule has 0 bridgehead atoms. The summed E-state index contributed by atoms with van der Waals surface area (Å²) in [5, 5.41) is 8.53. The van der Waals surface area contributed by atoms with E-state index < -0.39 is 5.92 Å². The molecule has 0 saturated carbocycles. The Kier molecular flexibility index (Phi) is 3.91. The highest BCUT2D eigenvalue weighted by molar-refractivity contribution is 6.09. The van der Waals surface area contributed by atoms with E-state index in [4.69, 9.17) is 5.26 Å². The molecule has 19 heavy (non-hydrogen) atoms. The third-order valence-electron chi connectivity index (χ3n) is 3.22. The van der Waals surface area contributed by atoms with Gasteiger partial charge in [0.15, 0.2) is 5.78 Å². The number of Topliss-reactive ketones (excluding diaryl/α,β-unsaturated/α-hetero) is 1. The smallest absolute Gasteiger partial charge is 0.237 e. The van der Waals surface area contributed by atoms with E-state index >= 15 is 0 Å². The lowest BCUT2D eigenvalue weighted by Crippen LogP contribution is -2.44. The summed E-state index contributed by atoms with van der Waals surface area (Å²) in [6.07, 6.45) is 0.940. The van der Waals surface area contributed by atoms with Gasteiger partial charge in [0.2, 0.25) is 5.91 Å². The summed E-state index contributed by atoms with van der Waals surface area (Å²) in [6.45, 7) is 0.515. The molecule has 1 fully saturated rings. The molecule has 0 aromatic heterocycles. The van der Waals surface area contributed by atoms with Crippen molar-refractivity contribution in [3.8, 4) is 6.07 Å². The van der Waals surface area contributed by atoms with Crippen molar-refractivity contribution in [1.82, 2.24) is 0 Å². The van der Waals surface area contributed by atoms with E-state index in [1.807, 2.05) is 0 Å². The summed E-state index contributed by atoms with van der Waals surface area (Å²) in [4.78, 5) is 25.4. The predicted octanol–water partition coefficient (Wildman–Crippen LogP) is 2.05. The van der Waals surface area contributed by atoms with Crippen LogP contribution in [0.5, 0.6) is 0 Å². The van der Waals surface area contributed by atoms with E-state index in [9.17, 15) is 14.0 Å². The van der Waals surface area contributed by atoms with Crippen LogP contribution in [0.2, 0.25) is 0 Å². The van der Waals surface area contributed by atoms with Crippen LogP contribution in [0.15, 0.2) is 24.3 Å². The molecule has 4 nitrogen and oxygen atoms in total. The lowest BCUT2D eigenvalue weighted by molar-refractivity contribution is -0.133. The lowest BCUT2D eigenvalue weighted by Gasteiger charge is -2.31. The Morgan fingerprint density at radius 3 is 2.74 bits per heavy atom. The minimum Gasteiger partial charge on any atom is -0.312 e. The molecule has 0 radical (unpaired) electrons. The van der Waals surface area contributed by atoms with Crippen LogP contribution < -0.4 is 4.90 Å². The molecular weight excluding hydrogens is 247 g/mol. The predicted molar refractivity (Wildman–Crippen MR) is 66.7 cm³/mol. The average molecular weight is 260 g/mol. The molecule has 1 amide bonds. The van der Waals surface area contributed by atoms with E-state index in [2.05, 4.69) is 0 Å². The van der Waals surface area contributed by atoms with Crippen LogP contribution in [0.3, 0.4) is 0 Å². The first kappa shape index (κ1) is 13.2. The van der Waals surface area contributed by atoms with Gasteiger partial charge in [0, 0.05) is 12.2 Å². The summed E-state index contributed by atoms with van der Waals surface area (Å²) in [5.41, 5.74) is 0.584. The van der Waals surface area contributed by atoms with Gasteiger partial charge in [-0.05, 0) is 37.1 Å². The maximum atomic E-state index is 12.9. The molecule has 1 aromatic rings. The number of carbonyl (C=O) groups excluding carboxylic acids is 2. The molecule has 2 rings (SSSR count). The van der Waals surface area contributed by atoms with Gasteiger partial charge in [0.05, 0.1) is 18.4 Å². The summed E-state index contributed by atoms with van der Waals surface area (Å²) in [5.74, 6) is -1.74. The van der Waals surface area contributed by atoms with E-state index in [1.165, 1.54) is 29.2 Å². The number of nitrogens with zero attached hydrogens (tertiary/aromatic N) is 2. The second-order valence-corrected chi connectivity index (χ2v) is 4.46. The second kappa shape index (κ2) is 5.61. The molecule has 0 spiro atoms. The van der Waals surface area contributed by atoms with E-state index in [-0.39, 0.29) is 23.9 Å². The molecule has 1 atom stereocenters. The van der Waals surface area contributed by atoms with Crippen molar-refractivity contribution in [3.63, 3.8) is 0 Å². The number of rotatable bonds is 3. The highest BCUT2D eigenvalue weighted by atomic mass is 19.1. The van der Waals surface area contributed by atoms with Gasteiger partial charge >= 0.3 is 0 Å². The van der Waals surface area contributed by atoms with Crippen LogP contribution in [0.1, 0.15) is 19.3 Å². The van der Waals surface area contributed by atoms with Crippen LogP contribution in [0.25, 0.3) is 0 Å². The van der Waals surface area contributed by atoms with Crippen molar-refractivity contribution in [2.75, 3.05) is 11.4 Å². The third-order valence-corrected chi connectivity index (χ3v) is 3.22. The van der Waals surface area contributed by atoms with Gasteiger partial charge in [0.1, 0.15) is 5.82 Å². The van der Waals surface area contributed by atoms with Crippen LogP contribution >= 0.6 is 0 Å². The summed E-state index contributed by atoms with van der Waals surface area (Å²) in [7, 11) is 0. The van der Waals surface area contributed by atoms with Crippen molar-refractivity contribution < 1.29 is 14.0 Å². The first-order chi connectivity index (χ1) is 9.13. The second-order valence-electron chi connectivity index (χ2n) is 4.46. The first-order valence-electron chi connectivity index (χ1n) is 6.10. The van der Waals surface area contributed by atoms with Crippen LogP contribution in [0.4, 0.5) is 10.1 Å².